The van der Waals surface area contributed by atoms with Gasteiger partial charge in [0.05, 0.1) is 11.4 Å². The van der Waals surface area contributed by atoms with Gasteiger partial charge < -0.3 is 4.55 Å². The van der Waals surface area contributed by atoms with Crippen LogP contribution >= 0.6 is 11.6 Å². The van der Waals surface area contributed by atoms with E-state index in [1.54, 1.807) is 12.3 Å². The van der Waals surface area contributed by atoms with Gasteiger partial charge >= 0.3 is 0 Å². The third kappa shape index (κ3) is 3.95. The first kappa shape index (κ1) is 17.7. The first-order valence-corrected chi connectivity index (χ1v) is 9.19. The van der Waals surface area contributed by atoms with Crippen LogP contribution in [0.15, 0.2) is 54.7 Å². The molecular weight excluding hydrogens is 361 g/mol. The summed E-state index contributed by atoms with van der Waals surface area (Å²) in [4.78, 5) is 4.40. The van der Waals surface area contributed by atoms with E-state index < -0.39 is 16.9 Å². The van der Waals surface area contributed by atoms with Gasteiger partial charge in [-0.1, -0.05) is 35.9 Å². The van der Waals surface area contributed by atoms with Gasteiger partial charge in [0.1, 0.15) is 5.82 Å². The van der Waals surface area contributed by atoms with Crippen LogP contribution in [0.25, 0.3) is 22.4 Å². The first-order valence-electron chi connectivity index (χ1n) is 7.53. The highest BCUT2D eigenvalue weighted by Crippen LogP contribution is 2.32. The number of benzene rings is 2. The fourth-order valence-electron chi connectivity index (χ4n) is 2.63. The highest BCUT2D eigenvalue weighted by molar-refractivity contribution is 7.78. The van der Waals surface area contributed by atoms with Crippen molar-refractivity contribution in [3.05, 3.63) is 76.7 Å². The summed E-state index contributed by atoms with van der Waals surface area (Å²) in [6.07, 6.45) is 1.65. The molecule has 2 aromatic carbocycles. The van der Waals surface area contributed by atoms with Gasteiger partial charge in [0.15, 0.2) is 11.1 Å². The Morgan fingerprint density at radius 3 is 2.60 bits per heavy atom. The van der Waals surface area contributed by atoms with Crippen molar-refractivity contribution < 1.29 is 13.2 Å². The Kier molecular flexibility index (Phi) is 5.27. The molecule has 0 saturated carbocycles. The molecule has 3 rings (SSSR count). The molecule has 0 radical (unpaired) electrons. The van der Waals surface area contributed by atoms with Gasteiger partial charge in [-0.05, 0) is 42.3 Å². The molecule has 3 aromatic rings. The van der Waals surface area contributed by atoms with E-state index in [0.717, 1.165) is 16.7 Å². The molecule has 0 bridgehead atoms. The van der Waals surface area contributed by atoms with Crippen molar-refractivity contribution in [2.75, 3.05) is 0 Å². The van der Waals surface area contributed by atoms with Gasteiger partial charge in [-0.15, -0.1) is 0 Å². The molecule has 1 atom stereocenters. The van der Waals surface area contributed by atoms with E-state index in [-0.39, 0.29) is 11.3 Å². The third-order valence-electron chi connectivity index (χ3n) is 3.88. The van der Waals surface area contributed by atoms with Crippen LogP contribution in [-0.2, 0) is 16.8 Å². The number of rotatable bonds is 4. The molecule has 1 N–H and O–H groups in total. The molecule has 1 heterocycles. The number of halogens is 2. The summed E-state index contributed by atoms with van der Waals surface area (Å²) in [6, 6.07) is 14.0. The minimum absolute atomic E-state index is 0.199. The van der Waals surface area contributed by atoms with Crippen LogP contribution in [0.1, 0.15) is 11.1 Å². The van der Waals surface area contributed by atoms with Crippen molar-refractivity contribution in [3.8, 4) is 22.4 Å². The predicted octanol–water partition coefficient (Wildman–Crippen LogP) is 5.24. The van der Waals surface area contributed by atoms with E-state index in [0.29, 0.717) is 16.3 Å². The topological polar surface area (TPSA) is 50.2 Å². The summed E-state index contributed by atoms with van der Waals surface area (Å²) in [5.41, 5.74) is 4.18. The quantitative estimate of drug-likeness (QED) is 0.634. The monoisotopic (exact) mass is 375 g/mol. The lowest BCUT2D eigenvalue weighted by Crippen LogP contribution is -1.98. The second kappa shape index (κ2) is 7.44. The normalized spacial score (nSPS) is 12.2. The average molecular weight is 376 g/mol. The Morgan fingerprint density at radius 1 is 1.16 bits per heavy atom. The third-order valence-corrected chi connectivity index (χ3v) is 4.86. The largest absolute Gasteiger partial charge is 0.306 e. The summed E-state index contributed by atoms with van der Waals surface area (Å²) < 4.78 is 34.1. The van der Waals surface area contributed by atoms with E-state index in [1.165, 1.54) is 12.1 Å². The molecule has 25 heavy (non-hydrogen) atoms. The summed E-state index contributed by atoms with van der Waals surface area (Å²) in [5, 5.41) is 0.682. The molecule has 0 aliphatic carbocycles. The number of hydrogen-bond donors (Lipinski definition) is 1. The molecule has 0 fully saturated rings. The molecule has 1 unspecified atom stereocenters. The fraction of sp³-hybridized carbons (Fsp3) is 0.105. The summed E-state index contributed by atoms with van der Waals surface area (Å²) in [6.45, 7) is 1.92. The van der Waals surface area contributed by atoms with Gasteiger partial charge in [0, 0.05) is 27.9 Å². The fourth-order valence-corrected chi connectivity index (χ4v) is 3.24. The maximum atomic E-state index is 14.3. The highest BCUT2D eigenvalue weighted by atomic mass is 35.5. The molecule has 0 saturated heterocycles. The SMILES string of the molecule is Cc1cc(-c2cccnc2-c2ccc(CS(=O)O)c(F)c2)ccc1Cl. The van der Waals surface area contributed by atoms with Crippen LogP contribution in [-0.4, -0.2) is 13.7 Å². The van der Waals surface area contributed by atoms with Crippen molar-refractivity contribution in [1.82, 2.24) is 4.98 Å². The van der Waals surface area contributed by atoms with Crippen LogP contribution in [0, 0.1) is 12.7 Å². The molecule has 3 nitrogen and oxygen atoms in total. The van der Waals surface area contributed by atoms with Gasteiger partial charge in [-0.2, -0.15) is 0 Å². The lowest BCUT2D eigenvalue weighted by Gasteiger charge is -2.11. The van der Waals surface area contributed by atoms with Crippen molar-refractivity contribution in [2.45, 2.75) is 12.7 Å². The Balaban J connectivity index is 2.08. The maximum absolute atomic E-state index is 14.3. The second-order valence-corrected chi connectivity index (χ2v) is 6.97. The zero-order valence-electron chi connectivity index (χ0n) is 13.4. The molecule has 128 valence electrons. The Morgan fingerprint density at radius 2 is 1.92 bits per heavy atom. The minimum Gasteiger partial charge on any atom is -0.306 e. The predicted molar refractivity (Wildman–Crippen MR) is 99.3 cm³/mol. The minimum atomic E-state index is -2.09. The number of aryl methyl sites for hydroxylation is 1. The van der Waals surface area contributed by atoms with Gasteiger partial charge in [-0.3, -0.25) is 4.98 Å². The lowest BCUT2D eigenvalue weighted by atomic mass is 9.97. The second-order valence-electron chi connectivity index (χ2n) is 5.64. The molecule has 6 heteroatoms. The molecule has 0 amide bonds. The van der Waals surface area contributed by atoms with Gasteiger partial charge in [-0.25, -0.2) is 8.60 Å². The molecule has 1 aromatic heterocycles. The maximum Gasteiger partial charge on any atom is 0.157 e. The van der Waals surface area contributed by atoms with Crippen LogP contribution in [0.4, 0.5) is 4.39 Å². The summed E-state index contributed by atoms with van der Waals surface area (Å²) >= 11 is 4.01. The number of aromatic nitrogens is 1. The zero-order chi connectivity index (χ0) is 18.0. The van der Waals surface area contributed by atoms with E-state index in [1.807, 2.05) is 37.3 Å². The number of pyridine rings is 1. The Labute approximate surface area is 152 Å². The van der Waals surface area contributed by atoms with Crippen LogP contribution in [0.3, 0.4) is 0 Å². The zero-order valence-corrected chi connectivity index (χ0v) is 14.9. The first-order chi connectivity index (χ1) is 12.0. The van der Waals surface area contributed by atoms with E-state index in [2.05, 4.69) is 4.98 Å². The standard InChI is InChI=1S/C19H15ClFNO2S/c1-12-9-13(6-7-17(12)20)16-3-2-8-22-19(16)14-4-5-15(11-25(23)24)18(21)10-14/h2-10H,11H2,1H3,(H,23,24). The Bertz CT molecular complexity index is 962. The molecule has 0 spiro atoms. The van der Waals surface area contributed by atoms with E-state index >= 15 is 0 Å². The van der Waals surface area contributed by atoms with Crippen LogP contribution in [0.5, 0.6) is 0 Å². The van der Waals surface area contributed by atoms with Crippen LogP contribution in [0.2, 0.25) is 5.02 Å². The molecular formula is C19H15ClFNO2S. The van der Waals surface area contributed by atoms with Gasteiger partial charge in [0.2, 0.25) is 0 Å². The highest BCUT2D eigenvalue weighted by Gasteiger charge is 2.13. The van der Waals surface area contributed by atoms with Gasteiger partial charge in [0.25, 0.3) is 0 Å². The van der Waals surface area contributed by atoms with Crippen molar-refractivity contribution in [1.29, 1.82) is 0 Å². The van der Waals surface area contributed by atoms with Crippen LogP contribution < -0.4 is 0 Å². The number of hydrogen-bond acceptors (Lipinski definition) is 2. The van der Waals surface area contributed by atoms with E-state index in [9.17, 15) is 8.60 Å². The van der Waals surface area contributed by atoms with Crippen molar-refractivity contribution >= 4 is 22.7 Å². The Hall–Kier alpha value is -2.08. The van der Waals surface area contributed by atoms with Crippen molar-refractivity contribution in [2.24, 2.45) is 0 Å². The average Bonchev–Trinajstić information content (AvgIpc) is 2.59. The molecule has 0 aliphatic rings. The van der Waals surface area contributed by atoms with Crippen molar-refractivity contribution in [3.63, 3.8) is 0 Å². The van der Waals surface area contributed by atoms with E-state index in [4.69, 9.17) is 16.2 Å². The molecule has 0 aliphatic heterocycles. The summed E-state index contributed by atoms with van der Waals surface area (Å²) in [5.74, 6) is -0.763. The lowest BCUT2D eigenvalue weighted by molar-refractivity contribution is 0.559. The smallest absolute Gasteiger partial charge is 0.157 e. The summed E-state index contributed by atoms with van der Waals surface area (Å²) in [7, 11) is 0. The number of nitrogens with zero attached hydrogens (tertiary/aromatic N) is 1.